The van der Waals surface area contributed by atoms with Gasteiger partial charge in [-0.15, -0.1) is 0 Å². The van der Waals surface area contributed by atoms with Crippen LogP contribution in [0.25, 0.3) is 0 Å². The SMILES string of the molecule is CCCCCCCCCCCCCCCCCCOC(CO)C(OC1CC[C@@]2(C)C(=CCC3C2CC[C@@]2(C)C3CC[C@@H]2[C@H](C)CCCC(C)C)C1)C(=O)O. The van der Waals surface area contributed by atoms with E-state index >= 15 is 0 Å². The smallest absolute Gasteiger partial charge is 0.335 e. The van der Waals surface area contributed by atoms with Gasteiger partial charge in [-0.1, -0.05) is 169 Å². The Morgan fingerprint density at radius 2 is 1.39 bits per heavy atom. The van der Waals surface area contributed by atoms with Crippen molar-refractivity contribution in [2.75, 3.05) is 13.2 Å². The molecule has 4 aliphatic carbocycles. The van der Waals surface area contributed by atoms with E-state index in [4.69, 9.17) is 9.47 Å². The first-order chi connectivity index (χ1) is 26.0. The minimum Gasteiger partial charge on any atom is -0.479 e. The van der Waals surface area contributed by atoms with Crippen molar-refractivity contribution in [3.8, 4) is 0 Å². The van der Waals surface area contributed by atoms with E-state index in [2.05, 4.69) is 47.6 Å². The molecular formula is C49H88O5. The Balaban J connectivity index is 1.15. The van der Waals surface area contributed by atoms with Gasteiger partial charge < -0.3 is 19.7 Å². The number of carbonyl (C=O) groups is 1. The lowest BCUT2D eigenvalue weighted by molar-refractivity contribution is -0.175. The minimum absolute atomic E-state index is 0.133. The largest absolute Gasteiger partial charge is 0.479 e. The zero-order valence-corrected chi connectivity index (χ0v) is 36.4. The number of aliphatic hydroxyl groups is 1. The Hall–Kier alpha value is -0.910. The number of rotatable bonds is 28. The van der Waals surface area contributed by atoms with Gasteiger partial charge in [0.1, 0.15) is 6.10 Å². The van der Waals surface area contributed by atoms with Crippen molar-refractivity contribution in [2.24, 2.45) is 46.3 Å². The Labute approximate surface area is 334 Å². The summed E-state index contributed by atoms with van der Waals surface area (Å²) in [4.78, 5) is 12.5. The van der Waals surface area contributed by atoms with Crippen molar-refractivity contribution in [2.45, 2.75) is 233 Å². The van der Waals surface area contributed by atoms with Gasteiger partial charge in [-0.2, -0.15) is 0 Å². The number of unbranched alkanes of at least 4 members (excludes halogenated alkanes) is 15. The summed E-state index contributed by atoms with van der Waals surface area (Å²) < 4.78 is 12.4. The number of carboxylic acids is 1. The fraction of sp³-hybridized carbons (Fsp3) is 0.939. The molecule has 0 bridgehead atoms. The van der Waals surface area contributed by atoms with Crippen LogP contribution in [-0.2, 0) is 14.3 Å². The van der Waals surface area contributed by atoms with Gasteiger partial charge in [0, 0.05) is 6.61 Å². The molecule has 5 nitrogen and oxygen atoms in total. The summed E-state index contributed by atoms with van der Waals surface area (Å²) in [6.45, 7) is 14.9. The zero-order chi connectivity index (χ0) is 39.0. The summed E-state index contributed by atoms with van der Waals surface area (Å²) in [5.74, 6) is 3.84. The van der Waals surface area contributed by atoms with Gasteiger partial charge >= 0.3 is 5.97 Å². The third kappa shape index (κ3) is 12.8. The second-order valence-corrected chi connectivity index (χ2v) is 19.9. The van der Waals surface area contributed by atoms with Crippen LogP contribution in [0.15, 0.2) is 11.6 Å². The first-order valence-corrected chi connectivity index (χ1v) is 23.8. The van der Waals surface area contributed by atoms with Crippen molar-refractivity contribution >= 4 is 5.97 Å². The maximum Gasteiger partial charge on any atom is 0.335 e. The molecule has 3 saturated carbocycles. The van der Waals surface area contributed by atoms with Gasteiger partial charge in [-0.25, -0.2) is 4.79 Å². The second kappa shape index (κ2) is 23.5. The lowest BCUT2D eigenvalue weighted by Crippen LogP contribution is -2.51. The molecule has 10 atom stereocenters. The number of aliphatic carboxylic acids is 1. The van der Waals surface area contributed by atoms with Crippen molar-refractivity contribution < 1.29 is 24.5 Å². The van der Waals surface area contributed by atoms with Gasteiger partial charge in [0.2, 0.25) is 0 Å². The molecule has 3 fully saturated rings. The van der Waals surface area contributed by atoms with Crippen LogP contribution in [0, 0.1) is 46.3 Å². The average molecular weight is 757 g/mol. The molecule has 0 aromatic carbocycles. The van der Waals surface area contributed by atoms with Crippen LogP contribution < -0.4 is 0 Å². The number of hydrogen-bond acceptors (Lipinski definition) is 4. The molecular weight excluding hydrogens is 669 g/mol. The van der Waals surface area contributed by atoms with Gasteiger partial charge in [0.25, 0.3) is 0 Å². The fourth-order valence-electron chi connectivity index (χ4n) is 12.4. The molecule has 6 unspecified atom stereocenters. The normalized spacial score (nSPS) is 31.0. The highest BCUT2D eigenvalue weighted by molar-refractivity contribution is 5.73. The molecule has 0 aliphatic heterocycles. The van der Waals surface area contributed by atoms with Gasteiger partial charge in [0.05, 0.1) is 12.7 Å². The molecule has 2 N–H and O–H groups in total. The number of allylic oxidation sites excluding steroid dienone is 1. The van der Waals surface area contributed by atoms with Crippen molar-refractivity contribution in [3.63, 3.8) is 0 Å². The Bertz CT molecular complexity index is 1090. The Morgan fingerprint density at radius 3 is 1.96 bits per heavy atom. The van der Waals surface area contributed by atoms with E-state index in [1.165, 1.54) is 147 Å². The molecule has 4 aliphatic rings. The number of aliphatic hydroxyl groups excluding tert-OH is 1. The van der Waals surface area contributed by atoms with E-state index in [1.807, 2.05) is 0 Å². The molecule has 4 rings (SSSR count). The van der Waals surface area contributed by atoms with E-state index in [9.17, 15) is 15.0 Å². The predicted molar refractivity (Wildman–Crippen MR) is 226 cm³/mol. The molecule has 0 aromatic rings. The number of hydrogen-bond donors (Lipinski definition) is 2. The van der Waals surface area contributed by atoms with Crippen molar-refractivity contribution in [3.05, 3.63) is 11.6 Å². The minimum atomic E-state index is -1.13. The quantitative estimate of drug-likeness (QED) is 0.0614. The molecule has 5 heteroatoms. The third-order valence-electron chi connectivity index (χ3n) is 15.7. The molecule has 0 radical (unpaired) electrons. The van der Waals surface area contributed by atoms with Crippen LogP contribution in [0.1, 0.15) is 215 Å². The van der Waals surface area contributed by atoms with E-state index in [-0.39, 0.29) is 18.1 Å². The summed E-state index contributed by atoms with van der Waals surface area (Å²) in [6.07, 6.45) is 35.2. The summed E-state index contributed by atoms with van der Waals surface area (Å²) in [5.41, 5.74) is 2.20. The van der Waals surface area contributed by atoms with Crippen LogP contribution in [0.3, 0.4) is 0 Å². The molecule has 0 amide bonds. The topological polar surface area (TPSA) is 76.0 Å². The third-order valence-corrected chi connectivity index (χ3v) is 15.7. The van der Waals surface area contributed by atoms with Crippen LogP contribution in [0.4, 0.5) is 0 Å². The number of fused-ring (bicyclic) bond motifs is 5. The highest BCUT2D eigenvalue weighted by Crippen LogP contribution is 2.67. The summed E-state index contributed by atoms with van der Waals surface area (Å²) in [7, 11) is 0. The predicted octanol–water partition coefficient (Wildman–Crippen LogP) is 13.5. The highest BCUT2D eigenvalue weighted by Gasteiger charge is 2.59. The van der Waals surface area contributed by atoms with E-state index in [0.717, 1.165) is 67.6 Å². The first kappa shape index (κ1) is 45.8. The Morgan fingerprint density at radius 1 is 0.778 bits per heavy atom. The lowest BCUT2D eigenvalue weighted by Gasteiger charge is -2.58. The number of carboxylic acid groups (broad SMARTS) is 1. The molecule has 0 spiro atoms. The molecule has 0 heterocycles. The van der Waals surface area contributed by atoms with E-state index < -0.39 is 18.2 Å². The lowest BCUT2D eigenvalue weighted by atomic mass is 9.47. The van der Waals surface area contributed by atoms with Gasteiger partial charge in [-0.3, -0.25) is 0 Å². The Kier molecular flexibility index (Phi) is 19.9. The summed E-state index contributed by atoms with van der Waals surface area (Å²) in [5, 5.41) is 20.4. The average Bonchev–Trinajstić information content (AvgIpc) is 3.51. The molecule has 54 heavy (non-hydrogen) atoms. The van der Waals surface area contributed by atoms with Crippen LogP contribution in [-0.4, -0.2) is 47.7 Å². The fourth-order valence-corrected chi connectivity index (χ4v) is 12.4. The van der Waals surface area contributed by atoms with E-state index in [0.29, 0.717) is 12.0 Å². The van der Waals surface area contributed by atoms with Crippen LogP contribution >= 0.6 is 0 Å². The highest BCUT2D eigenvalue weighted by atomic mass is 16.6. The molecule has 0 saturated heterocycles. The maximum absolute atomic E-state index is 12.5. The standard InChI is InChI=1S/C49H88O5/c1-7-8-9-10-11-12-13-14-15-16-17-18-19-20-21-22-34-53-45(36-50)46(47(51)52)54-40-30-32-48(5)39(35-40)26-27-41-43-29-28-42(38(4)25-23-24-37(2)3)49(43,6)33-31-44(41)48/h26,37-38,40-46,50H,7-25,27-36H2,1-6H3,(H,51,52)/t38-,40?,41?,42-,43?,44?,45?,46?,48+,49-/m1/s1. The second-order valence-electron chi connectivity index (χ2n) is 19.9. The van der Waals surface area contributed by atoms with Crippen LogP contribution in [0.5, 0.6) is 0 Å². The zero-order valence-electron chi connectivity index (χ0n) is 36.4. The van der Waals surface area contributed by atoms with Crippen molar-refractivity contribution in [1.82, 2.24) is 0 Å². The first-order valence-electron chi connectivity index (χ1n) is 23.8. The molecule has 0 aromatic heterocycles. The van der Waals surface area contributed by atoms with E-state index in [1.54, 1.807) is 0 Å². The maximum atomic E-state index is 12.5. The van der Waals surface area contributed by atoms with Gasteiger partial charge in [0.15, 0.2) is 6.10 Å². The summed E-state index contributed by atoms with van der Waals surface area (Å²) in [6, 6.07) is 0. The summed E-state index contributed by atoms with van der Waals surface area (Å²) >= 11 is 0. The van der Waals surface area contributed by atoms with Crippen LogP contribution in [0.2, 0.25) is 0 Å². The monoisotopic (exact) mass is 757 g/mol. The molecule has 314 valence electrons. The van der Waals surface area contributed by atoms with Gasteiger partial charge in [-0.05, 0) is 104 Å². The number of ether oxygens (including phenoxy) is 2. The van der Waals surface area contributed by atoms with Crippen molar-refractivity contribution in [1.29, 1.82) is 0 Å².